The fourth-order valence-corrected chi connectivity index (χ4v) is 2.53. The van der Waals surface area contributed by atoms with E-state index >= 15 is 0 Å². The molecular weight excluding hydrogens is 292 g/mol. The molecule has 1 aromatic carbocycles. The smallest absolute Gasteiger partial charge is 0.335 e. The molecule has 6 heteroatoms. The van der Waals surface area contributed by atoms with Gasteiger partial charge >= 0.3 is 5.97 Å². The SMILES string of the molecule is CN(CC(=O)Nc1cc(C(=O)O)ccc1Cl)CC1CCC1. The molecule has 0 aromatic heterocycles. The van der Waals surface area contributed by atoms with Gasteiger partial charge in [0.1, 0.15) is 0 Å². The Morgan fingerprint density at radius 1 is 1.43 bits per heavy atom. The molecule has 0 bridgehead atoms. The Balaban J connectivity index is 1.92. The molecule has 0 spiro atoms. The molecule has 0 unspecified atom stereocenters. The van der Waals surface area contributed by atoms with E-state index in [4.69, 9.17) is 16.7 Å². The summed E-state index contributed by atoms with van der Waals surface area (Å²) in [6.07, 6.45) is 3.75. The van der Waals surface area contributed by atoms with Gasteiger partial charge in [-0.2, -0.15) is 0 Å². The maximum Gasteiger partial charge on any atom is 0.335 e. The first-order valence-electron chi connectivity index (χ1n) is 6.97. The molecule has 0 saturated heterocycles. The minimum absolute atomic E-state index is 0.0949. The molecule has 114 valence electrons. The summed E-state index contributed by atoms with van der Waals surface area (Å²) < 4.78 is 0. The molecule has 2 rings (SSSR count). The van der Waals surface area contributed by atoms with E-state index in [9.17, 15) is 9.59 Å². The number of likely N-dealkylation sites (N-methyl/N-ethyl adjacent to an activating group) is 1. The van der Waals surface area contributed by atoms with E-state index in [0.717, 1.165) is 6.54 Å². The molecule has 21 heavy (non-hydrogen) atoms. The summed E-state index contributed by atoms with van der Waals surface area (Å²) >= 11 is 5.98. The Kier molecular flexibility index (Phi) is 5.20. The van der Waals surface area contributed by atoms with Gasteiger partial charge in [-0.25, -0.2) is 4.79 Å². The Hall–Kier alpha value is -1.59. The van der Waals surface area contributed by atoms with Crippen molar-refractivity contribution < 1.29 is 14.7 Å². The number of aromatic carboxylic acids is 1. The van der Waals surface area contributed by atoms with Crippen LogP contribution >= 0.6 is 11.6 Å². The highest BCUT2D eigenvalue weighted by molar-refractivity contribution is 6.33. The number of carboxylic acid groups (broad SMARTS) is 1. The van der Waals surface area contributed by atoms with Gasteiger partial charge in [0, 0.05) is 6.54 Å². The first-order chi connectivity index (χ1) is 9.95. The number of amides is 1. The van der Waals surface area contributed by atoms with Crippen LogP contribution in [0.1, 0.15) is 29.6 Å². The molecule has 1 aromatic rings. The number of hydrogen-bond acceptors (Lipinski definition) is 3. The van der Waals surface area contributed by atoms with Gasteiger partial charge < -0.3 is 10.4 Å². The first-order valence-corrected chi connectivity index (χ1v) is 7.34. The first kappa shape index (κ1) is 15.8. The molecule has 1 saturated carbocycles. The number of nitrogens with one attached hydrogen (secondary N) is 1. The average Bonchev–Trinajstić information content (AvgIpc) is 2.36. The number of carbonyl (C=O) groups is 2. The number of hydrogen-bond donors (Lipinski definition) is 2. The lowest BCUT2D eigenvalue weighted by Gasteiger charge is -2.29. The maximum atomic E-state index is 12.0. The quantitative estimate of drug-likeness (QED) is 0.847. The molecule has 5 nitrogen and oxygen atoms in total. The third-order valence-corrected chi connectivity index (χ3v) is 4.03. The van der Waals surface area contributed by atoms with Gasteiger partial charge in [-0.05, 0) is 44.0 Å². The van der Waals surface area contributed by atoms with Crippen LogP contribution in [0, 0.1) is 5.92 Å². The summed E-state index contributed by atoms with van der Waals surface area (Å²) in [5.74, 6) is -0.549. The van der Waals surface area contributed by atoms with Gasteiger partial charge in [0.25, 0.3) is 0 Å². The van der Waals surface area contributed by atoms with E-state index in [1.54, 1.807) is 0 Å². The summed E-state index contributed by atoms with van der Waals surface area (Å²) in [5, 5.41) is 11.9. The largest absolute Gasteiger partial charge is 0.478 e. The highest BCUT2D eigenvalue weighted by Crippen LogP contribution is 2.27. The van der Waals surface area contributed by atoms with Gasteiger partial charge in [-0.3, -0.25) is 9.69 Å². The van der Waals surface area contributed by atoms with Gasteiger partial charge in [-0.1, -0.05) is 18.0 Å². The second-order valence-corrected chi connectivity index (χ2v) is 5.95. The summed E-state index contributed by atoms with van der Waals surface area (Å²) in [6.45, 7) is 1.18. The lowest BCUT2D eigenvalue weighted by atomic mass is 9.85. The molecule has 0 aliphatic heterocycles. The standard InChI is InChI=1S/C15H19ClN2O3/c1-18(8-10-3-2-4-10)9-14(19)17-13-7-11(15(20)21)5-6-12(13)16/h5-7,10H,2-4,8-9H2,1H3,(H,17,19)(H,20,21). The van der Waals surface area contributed by atoms with Crippen LogP contribution in [-0.2, 0) is 4.79 Å². The molecule has 0 heterocycles. The molecule has 0 atom stereocenters. The van der Waals surface area contributed by atoms with Crippen molar-refractivity contribution in [2.24, 2.45) is 5.92 Å². The monoisotopic (exact) mass is 310 g/mol. The lowest BCUT2D eigenvalue weighted by Crippen LogP contribution is -2.35. The van der Waals surface area contributed by atoms with Crippen LogP contribution < -0.4 is 5.32 Å². The second-order valence-electron chi connectivity index (χ2n) is 5.54. The van der Waals surface area contributed by atoms with Crippen molar-refractivity contribution in [1.29, 1.82) is 0 Å². The fraction of sp³-hybridized carbons (Fsp3) is 0.467. The van der Waals surface area contributed by atoms with Crippen molar-refractivity contribution in [3.8, 4) is 0 Å². The van der Waals surface area contributed by atoms with Crippen LogP contribution in [-0.4, -0.2) is 42.0 Å². The lowest BCUT2D eigenvalue weighted by molar-refractivity contribution is -0.117. The third-order valence-electron chi connectivity index (χ3n) is 3.70. The van der Waals surface area contributed by atoms with Crippen LogP contribution in [0.3, 0.4) is 0 Å². The predicted octanol–water partition coefficient (Wildman–Crippen LogP) is 2.71. The zero-order valence-electron chi connectivity index (χ0n) is 11.9. The minimum atomic E-state index is -1.05. The molecular formula is C15H19ClN2O3. The zero-order chi connectivity index (χ0) is 15.4. The van der Waals surface area contributed by atoms with Gasteiger partial charge in [0.15, 0.2) is 0 Å². The number of anilines is 1. The number of nitrogens with zero attached hydrogens (tertiary/aromatic N) is 1. The average molecular weight is 311 g/mol. The van der Waals surface area contributed by atoms with E-state index in [2.05, 4.69) is 5.32 Å². The number of benzene rings is 1. The second kappa shape index (κ2) is 6.91. The summed E-state index contributed by atoms with van der Waals surface area (Å²) in [4.78, 5) is 24.9. The van der Waals surface area contributed by atoms with Crippen LogP contribution in [0.2, 0.25) is 5.02 Å². The zero-order valence-corrected chi connectivity index (χ0v) is 12.7. The van der Waals surface area contributed by atoms with Crippen LogP contribution in [0.25, 0.3) is 0 Å². The Morgan fingerprint density at radius 2 is 2.14 bits per heavy atom. The molecule has 1 amide bonds. The molecule has 2 N–H and O–H groups in total. The van der Waals surface area contributed by atoms with Crippen molar-refractivity contribution in [2.75, 3.05) is 25.5 Å². The Labute approximate surface area is 128 Å². The molecule has 1 aliphatic carbocycles. The van der Waals surface area contributed by atoms with Gasteiger partial charge in [0.05, 0.1) is 22.8 Å². The number of carboxylic acids is 1. The fourth-order valence-electron chi connectivity index (χ4n) is 2.37. The third kappa shape index (κ3) is 4.44. The van der Waals surface area contributed by atoms with E-state index in [1.165, 1.54) is 37.5 Å². The van der Waals surface area contributed by atoms with Crippen LogP contribution in [0.4, 0.5) is 5.69 Å². The minimum Gasteiger partial charge on any atom is -0.478 e. The van der Waals surface area contributed by atoms with Gasteiger partial charge in [0.2, 0.25) is 5.91 Å². The van der Waals surface area contributed by atoms with Crippen molar-refractivity contribution in [2.45, 2.75) is 19.3 Å². The Morgan fingerprint density at radius 3 is 2.71 bits per heavy atom. The van der Waals surface area contributed by atoms with Crippen molar-refractivity contribution in [3.05, 3.63) is 28.8 Å². The van der Waals surface area contributed by atoms with E-state index in [-0.39, 0.29) is 18.0 Å². The number of halogens is 1. The molecule has 1 aliphatic rings. The summed E-state index contributed by atoms with van der Waals surface area (Å²) in [5.41, 5.74) is 0.427. The highest BCUT2D eigenvalue weighted by atomic mass is 35.5. The van der Waals surface area contributed by atoms with Crippen molar-refractivity contribution in [3.63, 3.8) is 0 Å². The van der Waals surface area contributed by atoms with E-state index in [1.807, 2.05) is 11.9 Å². The van der Waals surface area contributed by atoms with Gasteiger partial charge in [-0.15, -0.1) is 0 Å². The maximum absolute atomic E-state index is 12.0. The normalized spacial score (nSPS) is 14.8. The number of carbonyl (C=O) groups excluding carboxylic acids is 1. The molecule has 0 radical (unpaired) electrons. The topological polar surface area (TPSA) is 69.6 Å². The predicted molar refractivity (Wildman–Crippen MR) is 81.9 cm³/mol. The summed E-state index contributed by atoms with van der Waals surface area (Å²) in [7, 11) is 1.91. The molecule has 1 fully saturated rings. The van der Waals surface area contributed by atoms with Crippen molar-refractivity contribution in [1.82, 2.24) is 4.90 Å². The van der Waals surface area contributed by atoms with Crippen LogP contribution in [0.5, 0.6) is 0 Å². The Bertz CT molecular complexity index is 544. The van der Waals surface area contributed by atoms with Crippen LogP contribution in [0.15, 0.2) is 18.2 Å². The van der Waals surface area contributed by atoms with E-state index in [0.29, 0.717) is 16.6 Å². The highest BCUT2D eigenvalue weighted by Gasteiger charge is 2.20. The van der Waals surface area contributed by atoms with Crippen molar-refractivity contribution >= 4 is 29.2 Å². The van der Waals surface area contributed by atoms with E-state index < -0.39 is 5.97 Å². The summed E-state index contributed by atoms with van der Waals surface area (Å²) in [6, 6.07) is 4.25. The number of rotatable bonds is 6.